The molecule has 3 rings (SSSR count). The van der Waals surface area contributed by atoms with E-state index in [1.165, 1.54) is 11.3 Å². The van der Waals surface area contributed by atoms with Gasteiger partial charge in [0.2, 0.25) is 0 Å². The van der Waals surface area contributed by atoms with Gasteiger partial charge in [-0.1, -0.05) is 46.3 Å². The molecule has 1 unspecified atom stereocenters. The molecule has 1 saturated heterocycles. The predicted molar refractivity (Wildman–Crippen MR) is 91.2 cm³/mol. The van der Waals surface area contributed by atoms with Gasteiger partial charge in [-0.3, -0.25) is 0 Å². The lowest BCUT2D eigenvalue weighted by Crippen LogP contribution is -2.46. The van der Waals surface area contributed by atoms with Crippen LogP contribution < -0.4 is 10.2 Å². The van der Waals surface area contributed by atoms with Gasteiger partial charge in [-0.25, -0.2) is 0 Å². The van der Waals surface area contributed by atoms with Crippen molar-refractivity contribution in [2.75, 3.05) is 24.5 Å². The normalized spacial score (nSPS) is 19.1. The Hall–Kier alpha value is -0.840. The van der Waals surface area contributed by atoms with Crippen LogP contribution >= 0.6 is 31.9 Å². The fourth-order valence-electron chi connectivity index (χ4n) is 2.61. The molecule has 0 amide bonds. The number of anilines is 1. The number of benzene rings is 2. The SMILES string of the molecule is Brc1ccc(Br)c(N2CCNC(c3ccccc3)C2)c1. The molecule has 2 nitrogen and oxygen atoms in total. The summed E-state index contributed by atoms with van der Waals surface area (Å²) in [5, 5.41) is 3.60. The number of piperazine rings is 1. The van der Waals surface area contributed by atoms with E-state index in [1.54, 1.807) is 0 Å². The second kappa shape index (κ2) is 6.29. The fourth-order valence-corrected chi connectivity index (χ4v) is 3.45. The number of hydrogen-bond donors (Lipinski definition) is 1. The Morgan fingerprint density at radius 1 is 1.05 bits per heavy atom. The summed E-state index contributed by atoms with van der Waals surface area (Å²) in [5.74, 6) is 0. The van der Waals surface area contributed by atoms with Crippen LogP contribution in [0.2, 0.25) is 0 Å². The minimum atomic E-state index is 0.385. The van der Waals surface area contributed by atoms with E-state index in [0.717, 1.165) is 28.6 Å². The standard InChI is InChI=1S/C16H16Br2N2/c17-13-6-7-14(18)16(10-13)20-9-8-19-15(11-20)12-4-2-1-3-5-12/h1-7,10,15,19H,8-9,11H2. The van der Waals surface area contributed by atoms with Crippen molar-refractivity contribution in [1.29, 1.82) is 0 Å². The van der Waals surface area contributed by atoms with Crippen molar-refractivity contribution >= 4 is 37.5 Å². The third kappa shape index (κ3) is 3.08. The van der Waals surface area contributed by atoms with E-state index in [9.17, 15) is 0 Å². The maximum Gasteiger partial charge on any atom is 0.0523 e. The van der Waals surface area contributed by atoms with Crippen molar-refractivity contribution in [3.8, 4) is 0 Å². The van der Waals surface area contributed by atoms with Crippen LogP contribution in [0, 0.1) is 0 Å². The predicted octanol–water partition coefficient (Wildman–Crippen LogP) is 4.36. The van der Waals surface area contributed by atoms with E-state index < -0.39 is 0 Å². The van der Waals surface area contributed by atoms with Gasteiger partial charge in [0, 0.05) is 34.6 Å². The summed E-state index contributed by atoms with van der Waals surface area (Å²) >= 11 is 7.22. The quantitative estimate of drug-likeness (QED) is 0.812. The highest BCUT2D eigenvalue weighted by molar-refractivity contribution is 9.11. The van der Waals surface area contributed by atoms with Gasteiger partial charge in [-0.15, -0.1) is 0 Å². The Morgan fingerprint density at radius 3 is 2.65 bits per heavy atom. The lowest BCUT2D eigenvalue weighted by atomic mass is 10.0. The molecule has 2 aromatic carbocycles. The minimum absolute atomic E-state index is 0.385. The van der Waals surface area contributed by atoms with Crippen LogP contribution in [0.1, 0.15) is 11.6 Å². The molecule has 1 aliphatic heterocycles. The Labute approximate surface area is 136 Å². The van der Waals surface area contributed by atoms with E-state index in [0.29, 0.717) is 6.04 Å². The number of rotatable bonds is 2. The zero-order valence-corrected chi connectivity index (χ0v) is 14.2. The maximum absolute atomic E-state index is 3.66. The highest BCUT2D eigenvalue weighted by Crippen LogP contribution is 2.31. The van der Waals surface area contributed by atoms with Crippen molar-refractivity contribution in [3.63, 3.8) is 0 Å². The van der Waals surface area contributed by atoms with Gasteiger partial charge in [0.1, 0.15) is 0 Å². The van der Waals surface area contributed by atoms with Gasteiger partial charge in [-0.2, -0.15) is 0 Å². The van der Waals surface area contributed by atoms with E-state index in [2.05, 4.69) is 90.6 Å². The molecule has 1 atom stereocenters. The van der Waals surface area contributed by atoms with Gasteiger partial charge in [0.05, 0.1) is 5.69 Å². The summed E-state index contributed by atoms with van der Waals surface area (Å²) < 4.78 is 2.26. The molecule has 1 heterocycles. The number of halogens is 2. The number of nitrogens with zero attached hydrogens (tertiary/aromatic N) is 1. The summed E-state index contributed by atoms with van der Waals surface area (Å²) in [6.45, 7) is 3.01. The Morgan fingerprint density at radius 2 is 1.85 bits per heavy atom. The number of hydrogen-bond acceptors (Lipinski definition) is 2. The smallest absolute Gasteiger partial charge is 0.0523 e. The lowest BCUT2D eigenvalue weighted by Gasteiger charge is -2.36. The first kappa shape index (κ1) is 14.1. The fraction of sp³-hybridized carbons (Fsp3) is 0.250. The summed E-state index contributed by atoms with van der Waals surface area (Å²) in [4.78, 5) is 2.43. The van der Waals surface area contributed by atoms with Crippen LogP contribution in [0.5, 0.6) is 0 Å². The van der Waals surface area contributed by atoms with Crippen molar-refractivity contribution in [2.24, 2.45) is 0 Å². The van der Waals surface area contributed by atoms with Crippen molar-refractivity contribution in [1.82, 2.24) is 5.32 Å². The monoisotopic (exact) mass is 394 g/mol. The van der Waals surface area contributed by atoms with Crippen LogP contribution in [0.25, 0.3) is 0 Å². The van der Waals surface area contributed by atoms with Gasteiger partial charge in [0.15, 0.2) is 0 Å². The first-order valence-electron chi connectivity index (χ1n) is 6.72. The summed E-state index contributed by atoms with van der Waals surface area (Å²) in [5.41, 5.74) is 2.60. The zero-order chi connectivity index (χ0) is 13.9. The van der Waals surface area contributed by atoms with E-state index in [4.69, 9.17) is 0 Å². The Kier molecular flexibility index (Phi) is 4.44. The first-order valence-corrected chi connectivity index (χ1v) is 8.31. The molecule has 1 N–H and O–H groups in total. The Bertz CT molecular complexity index is 586. The van der Waals surface area contributed by atoms with Crippen LogP contribution in [-0.2, 0) is 0 Å². The lowest BCUT2D eigenvalue weighted by molar-refractivity contribution is 0.471. The van der Waals surface area contributed by atoms with Gasteiger partial charge < -0.3 is 10.2 Å². The second-order valence-corrected chi connectivity index (χ2v) is 6.73. The molecule has 1 fully saturated rings. The van der Waals surface area contributed by atoms with Crippen molar-refractivity contribution in [2.45, 2.75) is 6.04 Å². The minimum Gasteiger partial charge on any atom is -0.367 e. The number of nitrogens with one attached hydrogen (secondary N) is 1. The van der Waals surface area contributed by atoms with Gasteiger partial charge in [0.25, 0.3) is 0 Å². The van der Waals surface area contributed by atoms with E-state index in [1.807, 2.05) is 0 Å². The van der Waals surface area contributed by atoms with E-state index in [-0.39, 0.29) is 0 Å². The Balaban J connectivity index is 1.83. The molecule has 20 heavy (non-hydrogen) atoms. The molecular weight excluding hydrogens is 380 g/mol. The van der Waals surface area contributed by atoms with Crippen molar-refractivity contribution in [3.05, 3.63) is 63.0 Å². The molecule has 104 valence electrons. The third-order valence-electron chi connectivity index (χ3n) is 3.63. The molecule has 0 bridgehead atoms. The first-order chi connectivity index (χ1) is 9.74. The molecule has 1 aliphatic rings. The van der Waals surface area contributed by atoms with Gasteiger partial charge in [-0.05, 0) is 39.7 Å². The molecule has 0 spiro atoms. The van der Waals surface area contributed by atoms with Crippen molar-refractivity contribution < 1.29 is 0 Å². The van der Waals surface area contributed by atoms with Crippen LogP contribution in [0.15, 0.2) is 57.5 Å². The highest BCUT2D eigenvalue weighted by atomic mass is 79.9. The molecule has 0 saturated carbocycles. The summed E-state index contributed by atoms with van der Waals surface area (Å²) in [6, 6.07) is 17.4. The topological polar surface area (TPSA) is 15.3 Å². The summed E-state index contributed by atoms with van der Waals surface area (Å²) in [7, 11) is 0. The van der Waals surface area contributed by atoms with E-state index >= 15 is 0 Å². The molecule has 0 aromatic heterocycles. The average molecular weight is 396 g/mol. The highest BCUT2D eigenvalue weighted by Gasteiger charge is 2.22. The molecule has 2 aromatic rings. The molecule has 4 heteroatoms. The largest absolute Gasteiger partial charge is 0.367 e. The van der Waals surface area contributed by atoms with Crippen LogP contribution in [-0.4, -0.2) is 19.6 Å². The maximum atomic E-state index is 3.66. The van der Waals surface area contributed by atoms with Crippen LogP contribution in [0.3, 0.4) is 0 Å². The average Bonchev–Trinajstić information content (AvgIpc) is 2.51. The molecule has 0 radical (unpaired) electrons. The zero-order valence-electron chi connectivity index (χ0n) is 11.0. The van der Waals surface area contributed by atoms with Crippen LogP contribution in [0.4, 0.5) is 5.69 Å². The van der Waals surface area contributed by atoms with Gasteiger partial charge >= 0.3 is 0 Å². The molecular formula is C16H16Br2N2. The molecule has 0 aliphatic carbocycles. The second-order valence-electron chi connectivity index (χ2n) is 4.96. The third-order valence-corrected chi connectivity index (χ3v) is 4.79. The summed E-state index contributed by atoms with van der Waals surface area (Å²) in [6.07, 6.45) is 0.